The van der Waals surface area contributed by atoms with Gasteiger partial charge in [-0.1, -0.05) is 0 Å². The second kappa shape index (κ2) is 2.97. The van der Waals surface area contributed by atoms with Crippen LogP contribution >= 0.6 is 0 Å². The molecule has 1 amide bonds. The van der Waals surface area contributed by atoms with Crippen LogP contribution in [-0.2, 0) is 7.05 Å². The second-order valence-electron chi connectivity index (χ2n) is 2.76. The van der Waals surface area contributed by atoms with Crippen molar-refractivity contribution in [1.29, 1.82) is 0 Å². The average Bonchev–Trinajstić information content (AvgIpc) is 2.26. The minimum atomic E-state index is -0.0874. The molecule has 66 valence electrons. The third-order valence-electron chi connectivity index (χ3n) is 1.96. The maximum absolute atomic E-state index is 11.3. The van der Waals surface area contributed by atoms with Gasteiger partial charge in [-0.05, 0) is 13.8 Å². The molecule has 0 aliphatic rings. The van der Waals surface area contributed by atoms with E-state index in [1.165, 1.54) is 0 Å². The zero-order valence-corrected chi connectivity index (χ0v) is 7.80. The first-order chi connectivity index (χ1) is 5.57. The van der Waals surface area contributed by atoms with Gasteiger partial charge in [0, 0.05) is 19.7 Å². The van der Waals surface area contributed by atoms with Crippen LogP contribution in [0.3, 0.4) is 0 Å². The molecule has 0 bridgehead atoms. The smallest absolute Gasteiger partial charge is 0.269 e. The summed E-state index contributed by atoms with van der Waals surface area (Å²) in [5.41, 5.74) is 2.47. The van der Waals surface area contributed by atoms with Crippen LogP contribution in [0.2, 0.25) is 0 Å². The summed E-state index contributed by atoms with van der Waals surface area (Å²) in [6.45, 7) is 3.79. The molecular weight excluding hydrogens is 154 g/mol. The SMILES string of the molecule is CNC(=O)c1c(C)c(C)nn1C. The molecule has 0 aromatic carbocycles. The van der Waals surface area contributed by atoms with Crippen molar-refractivity contribution in [3.8, 4) is 0 Å². The summed E-state index contributed by atoms with van der Waals surface area (Å²) < 4.78 is 1.60. The molecule has 4 nitrogen and oxygen atoms in total. The summed E-state index contributed by atoms with van der Waals surface area (Å²) in [6, 6.07) is 0. The third-order valence-corrected chi connectivity index (χ3v) is 1.96. The number of aromatic nitrogens is 2. The predicted octanol–water partition coefficient (Wildman–Crippen LogP) is 0.397. The zero-order valence-electron chi connectivity index (χ0n) is 7.80. The number of carbonyl (C=O) groups is 1. The maximum Gasteiger partial charge on any atom is 0.269 e. The Bertz CT molecular complexity index is 314. The lowest BCUT2D eigenvalue weighted by Crippen LogP contribution is -2.21. The molecule has 0 aliphatic heterocycles. The molecule has 4 heteroatoms. The van der Waals surface area contributed by atoms with Crippen molar-refractivity contribution in [2.75, 3.05) is 7.05 Å². The lowest BCUT2D eigenvalue weighted by molar-refractivity contribution is 0.0953. The first kappa shape index (κ1) is 8.77. The van der Waals surface area contributed by atoms with Crippen LogP contribution in [0.5, 0.6) is 0 Å². The second-order valence-corrected chi connectivity index (χ2v) is 2.76. The number of nitrogens with zero attached hydrogens (tertiary/aromatic N) is 2. The average molecular weight is 167 g/mol. The summed E-state index contributed by atoms with van der Waals surface area (Å²) >= 11 is 0. The normalized spacial score (nSPS) is 10.0. The fraction of sp³-hybridized carbons (Fsp3) is 0.500. The van der Waals surface area contributed by atoms with E-state index in [1.54, 1.807) is 18.8 Å². The Balaban J connectivity index is 3.22. The molecule has 0 saturated carbocycles. The van der Waals surface area contributed by atoms with Crippen LogP contribution in [0.15, 0.2) is 0 Å². The number of aryl methyl sites for hydroxylation is 2. The van der Waals surface area contributed by atoms with Gasteiger partial charge in [0.25, 0.3) is 5.91 Å². The first-order valence-electron chi connectivity index (χ1n) is 3.80. The van der Waals surface area contributed by atoms with E-state index in [-0.39, 0.29) is 5.91 Å². The van der Waals surface area contributed by atoms with Gasteiger partial charge in [-0.3, -0.25) is 9.48 Å². The highest BCUT2D eigenvalue weighted by atomic mass is 16.1. The van der Waals surface area contributed by atoms with E-state index in [4.69, 9.17) is 0 Å². The summed E-state index contributed by atoms with van der Waals surface area (Å²) in [5, 5.41) is 6.71. The van der Waals surface area contributed by atoms with Crippen molar-refractivity contribution < 1.29 is 4.79 Å². The summed E-state index contributed by atoms with van der Waals surface area (Å²) in [7, 11) is 3.38. The molecule has 0 spiro atoms. The summed E-state index contributed by atoms with van der Waals surface area (Å²) in [5.74, 6) is -0.0874. The third kappa shape index (κ3) is 1.20. The lowest BCUT2D eigenvalue weighted by atomic mass is 10.2. The van der Waals surface area contributed by atoms with Gasteiger partial charge in [0.1, 0.15) is 5.69 Å². The molecule has 12 heavy (non-hydrogen) atoms. The minimum Gasteiger partial charge on any atom is -0.354 e. The van der Waals surface area contributed by atoms with Gasteiger partial charge in [0.05, 0.1) is 5.69 Å². The van der Waals surface area contributed by atoms with Gasteiger partial charge in [0.15, 0.2) is 0 Å². The minimum absolute atomic E-state index is 0.0874. The quantitative estimate of drug-likeness (QED) is 0.658. The van der Waals surface area contributed by atoms with Crippen molar-refractivity contribution >= 4 is 5.91 Å². The fourth-order valence-corrected chi connectivity index (χ4v) is 1.20. The van der Waals surface area contributed by atoms with Crippen LogP contribution in [0.4, 0.5) is 0 Å². The fourth-order valence-electron chi connectivity index (χ4n) is 1.20. The molecule has 0 aliphatic carbocycles. The number of amides is 1. The van der Waals surface area contributed by atoms with Crippen LogP contribution in [0.1, 0.15) is 21.7 Å². The highest BCUT2D eigenvalue weighted by Gasteiger charge is 2.14. The van der Waals surface area contributed by atoms with E-state index >= 15 is 0 Å². The first-order valence-corrected chi connectivity index (χ1v) is 3.80. The van der Waals surface area contributed by atoms with E-state index in [0.29, 0.717) is 5.69 Å². The van der Waals surface area contributed by atoms with Crippen LogP contribution < -0.4 is 5.32 Å². The Hall–Kier alpha value is -1.32. The number of rotatable bonds is 1. The number of carbonyl (C=O) groups excluding carboxylic acids is 1. The van der Waals surface area contributed by atoms with Gasteiger partial charge < -0.3 is 5.32 Å². The largest absolute Gasteiger partial charge is 0.354 e. The molecule has 1 aromatic heterocycles. The molecule has 0 unspecified atom stereocenters. The standard InChI is InChI=1S/C8H13N3O/c1-5-6(2)10-11(4)7(5)8(12)9-3/h1-4H3,(H,9,12). The van der Waals surface area contributed by atoms with Crippen molar-refractivity contribution in [2.24, 2.45) is 7.05 Å². The molecule has 0 atom stereocenters. The van der Waals surface area contributed by atoms with Gasteiger partial charge in [-0.15, -0.1) is 0 Å². The van der Waals surface area contributed by atoms with E-state index in [9.17, 15) is 4.79 Å². The summed E-state index contributed by atoms with van der Waals surface area (Å²) in [6.07, 6.45) is 0. The van der Waals surface area contributed by atoms with Crippen LogP contribution in [-0.4, -0.2) is 22.7 Å². The Kier molecular flexibility index (Phi) is 2.17. The van der Waals surface area contributed by atoms with E-state index < -0.39 is 0 Å². The number of nitrogens with one attached hydrogen (secondary N) is 1. The highest BCUT2D eigenvalue weighted by Crippen LogP contribution is 2.10. The van der Waals surface area contributed by atoms with Crippen molar-refractivity contribution in [3.05, 3.63) is 17.0 Å². The van der Waals surface area contributed by atoms with Gasteiger partial charge >= 0.3 is 0 Å². The van der Waals surface area contributed by atoms with Gasteiger partial charge in [-0.2, -0.15) is 5.10 Å². The summed E-state index contributed by atoms with van der Waals surface area (Å²) in [4.78, 5) is 11.3. The molecular formula is C8H13N3O. The molecule has 1 N–H and O–H groups in total. The molecule has 0 fully saturated rings. The predicted molar refractivity (Wildman–Crippen MR) is 46.1 cm³/mol. The van der Waals surface area contributed by atoms with Crippen LogP contribution in [0, 0.1) is 13.8 Å². The van der Waals surface area contributed by atoms with E-state index in [0.717, 1.165) is 11.3 Å². The Morgan fingerprint density at radius 2 is 2.08 bits per heavy atom. The van der Waals surface area contributed by atoms with E-state index in [1.807, 2.05) is 13.8 Å². The van der Waals surface area contributed by atoms with Crippen molar-refractivity contribution in [3.63, 3.8) is 0 Å². The Labute approximate surface area is 71.6 Å². The number of hydrogen-bond acceptors (Lipinski definition) is 2. The topological polar surface area (TPSA) is 46.9 Å². The Morgan fingerprint density at radius 1 is 1.50 bits per heavy atom. The molecule has 1 heterocycles. The monoisotopic (exact) mass is 167 g/mol. The van der Waals surface area contributed by atoms with Crippen molar-refractivity contribution in [1.82, 2.24) is 15.1 Å². The molecule has 0 radical (unpaired) electrons. The van der Waals surface area contributed by atoms with Gasteiger partial charge in [0.2, 0.25) is 0 Å². The number of hydrogen-bond donors (Lipinski definition) is 1. The van der Waals surface area contributed by atoms with Gasteiger partial charge in [-0.25, -0.2) is 0 Å². The lowest BCUT2D eigenvalue weighted by Gasteiger charge is -2.00. The van der Waals surface area contributed by atoms with E-state index in [2.05, 4.69) is 10.4 Å². The molecule has 1 aromatic rings. The zero-order chi connectivity index (χ0) is 9.30. The Morgan fingerprint density at radius 3 is 2.42 bits per heavy atom. The highest BCUT2D eigenvalue weighted by molar-refractivity contribution is 5.93. The molecule has 1 rings (SSSR count). The van der Waals surface area contributed by atoms with Crippen LogP contribution in [0.25, 0.3) is 0 Å². The maximum atomic E-state index is 11.3. The molecule has 0 saturated heterocycles. The van der Waals surface area contributed by atoms with Crippen molar-refractivity contribution in [2.45, 2.75) is 13.8 Å².